The standard InChI is InChI=1S/C13H12N2O3.ClH/c14-15-11-6-2-5-10(12(11)16)8-3-1-4-9(7-8)13(17)18;/h1-7,15-16H,14H2,(H,17,18);1H. The average Bonchev–Trinajstić information content (AvgIpc) is 2.39. The van der Waals surface area contributed by atoms with Crippen LogP contribution >= 0.6 is 12.4 Å². The van der Waals surface area contributed by atoms with E-state index in [2.05, 4.69) is 5.43 Å². The van der Waals surface area contributed by atoms with Gasteiger partial charge in [-0.05, 0) is 23.8 Å². The van der Waals surface area contributed by atoms with E-state index in [1.807, 2.05) is 0 Å². The van der Waals surface area contributed by atoms with Crippen LogP contribution in [-0.4, -0.2) is 16.2 Å². The maximum Gasteiger partial charge on any atom is 0.335 e. The Kier molecular flexibility index (Phi) is 4.74. The van der Waals surface area contributed by atoms with E-state index in [4.69, 9.17) is 10.9 Å². The summed E-state index contributed by atoms with van der Waals surface area (Å²) in [4.78, 5) is 10.9. The Bertz CT molecular complexity index is 602. The van der Waals surface area contributed by atoms with Crippen LogP contribution in [0.4, 0.5) is 5.69 Å². The van der Waals surface area contributed by atoms with Gasteiger partial charge in [-0.1, -0.05) is 24.3 Å². The predicted molar refractivity (Wildman–Crippen MR) is 75.6 cm³/mol. The molecule has 5 N–H and O–H groups in total. The van der Waals surface area contributed by atoms with Gasteiger partial charge in [-0.15, -0.1) is 12.4 Å². The van der Waals surface area contributed by atoms with Gasteiger partial charge in [-0.2, -0.15) is 0 Å². The molecule has 0 atom stereocenters. The molecule has 100 valence electrons. The molecule has 6 heteroatoms. The van der Waals surface area contributed by atoms with E-state index in [1.54, 1.807) is 30.3 Å². The first-order chi connectivity index (χ1) is 8.63. The minimum atomic E-state index is -1.01. The SMILES string of the molecule is Cl.NNc1cccc(-c2cccc(C(=O)O)c2)c1O. The van der Waals surface area contributed by atoms with E-state index >= 15 is 0 Å². The summed E-state index contributed by atoms with van der Waals surface area (Å²) in [5, 5.41) is 18.9. The zero-order chi connectivity index (χ0) is 13.1. The minimum absolute atomic E-state index is 0. The van der Waals surface area contributed by atoms with Gasteiger partial charge in [-0.25, -0.2) is 4.79 Å². The lowest BCUT2D eigenvalue weighted by Crippen LogP contribution is -2.06. The molecular weight excluding hydrogens is 268 g/mol. The number of phenolic OH excluding ortho intramolecular Hbond substituents is 1. The van der Waals surface area contributed by atoms with E-state index in [9.17, 15) is 9.90 Å². The normalized spacial score (nSPS) is 9.53. The highest BCUT2D eigenvalue weighted by Crippen LogP contribution is 2.35. The zero-order valence-corrected chi connectivity index (χ0v) is 10.6. The number of aromatic hydroxyl groups is 1. The molecule has 0 aliphatic heterocycles. The number of halogens is 1. The number of carboxylic acid groups (broad SMARTS) is 1. The highest BCUT2D eigenvalue weighted by Gasteiger charge is 2.10. The van der Waals surface area contributed by atoms with E-state index in [0.29, 0.717) is 16.8 Å². The summed E-state index contributed by atoms with van der Waals surface area (Å²) in [5.41, 5.74) is 4.06. The molecule has 2 rings (SSSR count). The summed E-state index contributed by atoms with van der Waals surface area (Å²) < 4.78 is 0. The molecule has 0 radical (unpaired) electrons. The molecule has 0 aromatic heterocycles. The Morgan fingerprint density at radius 2 is 1.84 bits per heavy atom. The van der Waals surface area contributed by atoms with Gasteiger partial charge in [0, 0.05) is 5.56 Å². The summed E-state index contributed by atoms with van der Waals surface area (Å²) in [5.74, 6) is 4.25. The number of phenols is 1. The van der Waals surface area contributed by atoms with Crippen LogP contribution in [0.5, 0.6) is 5.75 Å². The van der Waals surface area contributed by atoms with Crippen molar-refractivity contribution < 1.29 is 15.0 Å². The summed E-state index contributed by atoms with van der Waals surface area (Å²) in [6.45, 7) is 0. The number of carbonyl (C=O) groups is 1. The molecular formula is C13H13ClN2O3. The highest BCUT2D eigenvalue weighted by molar-refractivity contribution is 5.90. The number of rotatable bonds is 3. The number of anilines is 1. The van der Waals surface area contributed by atoms with Crippen LogP contribution in [0.25, 0.3) is 11.1 Å². The van der Waals surface area contributed by atoms with Gasteiger partial charge in [0.25, 0.3) is 0 Å². The van der Waals surface area contributed by atoms with Crippen LogP contribution in [0.2, 0.25) is 0 Å². The van der Waals surface area contributed by atoms with Crippen molar-refractivity contribution in [2.24, 2.45) is 5.84 Å². The molecule has 0 amide bonds. The smallest absolute Gasteiger partial charge is 0.335 e. The molecule has 0 unspecified atom stereocenters. The van der Waals surface area contributed by atoms with Crippen LogP contribution in [0.3, 0.4) is 0 Å². The number of nitrogen functional groups attached to an aromatic ring is 1. The summed E-state index contributed by atoms with van der Waals surface area (Å²) in [7, 11) is 0. The zero-order valence-electron chi connectivity index (χ0n) is 9.83. The fourth-order valence-electron chi connectivity index (χ4n) is 1.71. The molecule has 0 spiro atoms. The Hall–Kier alpha value is -2.24. The topological polar surface area (TPSA) is 95.6 Å². The van der Waals surface area contributed by atoms with Crippen molar-refractivity contribution in [1.29, 1.82) is 0 Å². The summed E-state index contributed by atoms with van der Waals surface area (Å²) in [6.07, 6.45) is 0. The molecule has 0 fully saturated rings. The van der Waals surface area contributed by atoms with Crippen molar-refractivity contribution in [3.8, 4) is 16.9 Å². The second kappa shape index (κ2) is 6.08. The van der Waals surface area contributed by atoms with Crippen molar-refractivity contribution in [2.75, 3.05) is 5.43 Å². The van der Waals surface area contributed by atoms with Crippen LogP contribution in [0.15, 0.2) is 42.5 Å². The maximum atomic E-state index is 10.9. The molecule has 5 nitrogen and oxygen atoms in total. The van der Waals surface area contributed by atoms with E-state index in [-0.39, 0.29) is 23.7 Å². The van der Waals surface area contributed by atoms with E-state index < -0.39 is 5.97 Å². The Morgan fingerprint density at radius 3 is 2.47 bits per heavy atom. The van der Waals surface area contributed by atoms with Crippen molar-refractivity contribution in [3.63, 3.8) is 0 Å². The third kappa shape index (κ3) is 2.96. The monoisotopic (exact) mass is 280 g/mol. The van der Waals surface area contributed by atoms with Gasteiger partial charge in [-0.3, -0.25) is 5.84 Å². The molecule has 0 aliphatic rings. The van der Waals surface area contributed by atoms with Crippen LogP contribution in [0.1, 0.15) is 10.4 Å². The molecule has 0 saturated heterocycles. The molecule has 0 aliphatic carbocycles. The van der Waals surface area contributed by atoms with Gasteiger partial charge in [0.1, 0.15) is 5.75 Å². The number of carboxylic acids is 1. The molecule has 19 heavy (non-hydrogen) atoms. The van der Waals surface area contributed by atoms with Gasteiger partial charge in [0.2, 0.25) is 0 Å². The summed E-state index contributed by atoms with van der Waals surface area (Å²) in [6, 6.07) is 11.4. The van der Waals surface area contributed by atoms with Crippen molar-refractivity contribution in [3.05, 3.63) is 48.0 Å². The largest absolute Gasteiger partial charge is 0.505 e. The number of aromatic carboxylic acids is 1. The fourth-order valence-corrected chi connectivity index (χ4v) is 1.71. The van der Waals surface area contributed by atoms with Crippen LogP contribution in [-0.2, 0) is 0 Å². The van der Waals surface area contributed by atoms with E-state index in [0.717, 1.165) is 0 Å². The average molecular weight is 281 g/mol. The molecule has 2 aromatic carbocycles. The Morgan fingerprint density at radius 1 is 1.16 bits per heavy atom. The fraction of sp³-hybridized carbons (Fsp3) is 0. The number of nitrogens with two attached hydrogens (primary N) is 1. The lowest BCUT2D eigenvalue weighted by Gasteiger charge is -2.09. The van der Waals surface area contributed by atoms with Gasteiger partial charge in [0.05, 0.1) is 11.3 Å². The molecule has 0 heterocycles. The van der Waals surface area contributed by atoms with Crippen LogP contribution < -0.4 is 11.3 Å². The Balaban J connectivity index is 0.00000180. The second-order valence-corrected chi connectivity index (χ2v) is 3.73. The van der Waals surface area contributed by atoms with Crippen molar-refractivity contribution >= 4 is 24.1 Å². The van der Waals surface area contributed by atoms with Crippen molar-refractivity contribution in [1.82, 2.24) is 0 Å². The number of hydrogen-bond acceptors (Lipinski definition) is 4. The first kappa shape index (κ1) is 14.8. The highest BCUT2D eigenvalue weighted by atomic mass is 35.5. The van der Waals surface area contributed by atoms with Crippen LogP contribution in [0, 0.1) is 0 Å². The summed E-state index contributed by atoms with van der Waals surface area (Å²) >= 11 is 0. The number of benzene rings is 2. The number of para-hydroxylation sites is 1. The molecule has 0 bridgehead atoms. The lowest BCUT2D eigenvalue weighted by atomic mass is 10.0. The molecule has 2 aromatic rings. The lowest BCUT2D eigenvalue weighted by molar-refractivity contribution is 0.0697. The predicted octanol–water partition coefficient (Wildman–Crippen LogP) is 2.46. The maximum absolute atomic E-state index is 10.9. The number of hydrogen-bond donors (Lipinski definition) is 4. The van der Waals surface area contributed by atoms with Gasteiger partial charge < -0.3 is 15.6 Å². The third-order valence-electron chi connectivity index (χ3n) is 2.61. The van der Waals surface area contributed by atoms with E-state index in [1.165, 1.54) is 12.1 Å². The first-order valence-electron chi connectivity index (χ1n) is 5.26. The molecule has 0 saturated carbocycles. The van der Waals surface area contributed by atoms with Crippen molar-refractivity contribution in [2.45, 2.75) is 0 Å². The number of nitrogens with one attached hydrogen (secondary N) is 1. The van der Waals surface area contributed by atoms with Gasteiger partial charge in [0.15, 0.2) is 0 Å². The minimum Gasteiger partial charge on any atom is -0.505 e. The van der Waals surface area contributed by atoms with Gasteiger partial charge >= 0.3 is 5.97 Å². The quantitative estimate of drug-likeness (QED) is 0.393. The number of hydrazine groups is 1. The second-order valence-electron chi connectivity index (χ2n) is 3.73. The first-order valence-corrected chi connectivity index (χ1v) is 5.26. The third-order valence-corrected chi connectivity index (χ3v) is 2.61. The Labute approximate surface area is 116 Å².